The van der Waals surface area contributed by atoms with E-state index in [-0.39, 0.29) is 0 Å². The van der Waals surface area contributed by atoms with Crippen molar-refractivity contribution in [3.8, 4) is 0 Å². The van der Waals surface area contributed by atoms with Crippen molar-refractivity contribution in [2.24, 2.45) is 5.73 Å². The van der Waals surface area contributed by atoms with Crippen LogP contribution in [-0.4, -0.2) is 29.0 Å². The molecule has 0 amide bonds. The predicted octanol–water partition coefficient (Wildman–Crippen LogP) is 2.32. The lowest BCUT2D eigenvalue weighted by molar-refractivity contribution is 0.216. The van der Waals surface area contributed by atoms with E-state index >= 15 is 0 Å². The summed E-state index contributed by atoms with van der Waals surface area (Å²) in [4.78, 5) is 3.15. The van der Waals surface area contributed by atoms with E-state index in [0.29, 0.717) is 11.0 Å². The fourth-order valence-corrected chi connectivity index (χ4v) is 2.54. The quantitative estimate of drug-likeness (QED) is 0.731. The van der Waals surface area contributed by atoms with Crippen LogP contribution in [0.2, 0.25) is 0 Å². The first-order valence-electron chi connectivity index (χ1n) is 5.79. The Morgan fingerprint density at radius 1 is 1.21 bits per heavy atom. The molecule has 0 spiro atoms. The molecule has 14 heavy (non-hydrogen) atoms. The summed E-state index contributed by atoms with van der Waals surface area (Å²) in [5.74, 6) is 0. The minimum Gasteiger partial charge on any atom is -0.392 e. The van der Waals surface area contributed by atoms with Gasteiger partial charge < -0.3 is 5.73 Å². The van der Waals surface area contributed by atoms with Crippen LogP contribution in [0.3, 0.4) is 0 Å². The van der Waals surface area contributed by atoms with Crippen molar-refractivity contribution in [2.75, 3.05) is 13.1 Å². The fourth-order valence-electron chi connectivity index (χ4n) is 2.22. The van der Waals surface area contributed by atoms with Gasteiger partial charge in [0.05, 0.1) is 11.0 Å². The Hall–Kier alpha value is -0.150. The zero-order valence-corrected chi connectivity index (χ0v) is 9.98. The Kier molecular flexibility index (Phi) is 5.41. The lowest BCUT2D eigenvalue weighted by Crippen LogP contribution is -2.44. The van der Waals surface area contributed by atoms with Crippen LogP contribution < -0.4 is 5.73 Å². The van der Waals surface area contributed by atoms with E-state index in [4.69, 9.17) is 18.0 Å². The van der Waals surface area contributed by atoms with Gasteiger partial charge >= 0.3 is 0 Å². The van der Waals surface area contributed by atoms with Crippen LogP contribution in [-0.2, 0) is 0 Å². The summed E-state index contributed by atoms with van der Waals surface area (Å²) >= 11 is 5.11. The maximum absolute atomic E-state index is 5.76. The molecule has 1 fully saturated rings. The van der Waals surface area contributed by atoms with Crippen molar-refractivity contribution in [2.45, 2.75) is 51.5 Å². The summed E-state index contributed by atoms with van der Waals surface area (Å²) in [6, 6.07) is 0.336. The summed E-state index contributed by atoms with van der Waals surface area (Å²) in [6.45, 7) is 4.52. The van der Waals surface area contributed by atoms with Crippen molar-refractivity contribution in [3.63, 3.8) is 0 Å². The third-order valence-corrected chi connectivity index (χ3v) is 3.32. The molecule has 0 radical (unpaired) electrons. The van der Waals surface area contributed by atoms with Crippen LogP contribution in [0, 0.1) is 0 Å². The highest BCUT2D eigenvalue weighted by Crippen LogP contribution is 2.14. The standard InChI is InChI=1S/C11H22N2S/c1-2-10(11(12)14)13-8-6-4-3-5-7-9-13/h10H,2-9H2,1H3,(H2,12,14). The van der Waals surface area contributed by atoms with Crippen molar-refractivity contribution in [1.82, 2.24) is 4.90 Å². The molecule has 82 valence electrons. The second-order valence-electron chi connectivity index (χ2n) is 4.13. The van der Waals surface area contributed by atoms with Crippen LogP contribution in [0.5, 0.6) is 0 Å². The van der Waals surface area contributed by atoms with Crippen molar-refractivity contribution in [1.29, 1.82) is 0 Å². The van der Waals surface area contributed by atoms with Crippen molar-refractivity contribution >= 4 is 17.2 Å². The third-order valence-electron chi connectivity index (χ3n) is 3.05. The van der Waals surface area contributed by atoms with Crippen LogP contribution >= 0.6 is 12.2 Å². The highest BCUT2D eigenvalue weighted by Gasteiger charge is 2.19. The second-order valence-corrected chi connectivity index (χ2v) is 4.60. The predicted molar refractivity (Wildman–Crippen MR) is 65.5 cm³/mol. The lowest BCUT2D eigenvalue weighted by atomic mass is 10.1. The molecule has 1 saturated heterocycles. The zero-order chi connectivity index (χ0) is 10.4. The molecule has 2 N–H and O–H groups in total. The molecule has 1 aliphatic heterocycles. The molecule has 0 aliphatic carbocycles. The maximum atomic E-state index is 5.76. The first kappa shape index (κ1) is 11.9. The second kappa shape index (κ2) is 6.36. The number of rotatable bonds is 3. The number of nitrogens with two attached hydrogens (primary N) is 1. The van der Waals surface area contributed by atoms with E-state index < -0.39 is 0 Å². The molecule has 1 aliphatic rings. The Labute approximate surface area is 92.8 Å². The first-order chi connectivity index (χ1) is 6.75. The van der Waals surface area contributed by atoms with Gasteiger partial charge in [0.1, 0.15) is 0 Å². The monoisotopic (exact) mass is 214 g/mol. The van der Waals surface area contributed by atoms with E-state index in [9.17, 15) is 0 Å². The number of nitrogens with zero attached hydrogens (tertiary/aromatic N) is 1. The van der Waals surface area contributed by atoms with Gasteiger partial charge in [0, 0.05) is 0 Å². The van der Waals surface area contributed by atoms with Crippen molar-refractivity contribution < 1.29 is 0 Å². The van der Waals surface area contributed by atoms with Gasteiger partial charge in [-0.15, -0.1) is 0 Å². The van der Waals surface area contributed by atoms with Crippen LogP contribution in [0.25, 0.3) is 0 Å². The van der Waals surface area contributed by atoms with E-state index in [1.54, 1.807) is 0 Å². The maximum Gasteiger partial charge on any atom is 0.0901 e. The number of thiocarbonyl (C=S) groups is 1. The van der Waals surface area contributed by atoms with E-state index in [0.717, 1.165) is 6.42 Å². The Bertz CT molecular complexity index is 174. The minimum absolute atomic E-state index is 0.336. The summed E-state index contributed by atoms with van der Waals surface area (Å²) in [5.41, 5.74) is 5.76. The highest BCUT2D eigenvalue weighted by molar-refractivity contribution is 7.80. The molecule has 0 aromatic rings. The Balaban J connectivity index is 2.48. The van der Waals surface area contributed by atoms with E-state index in [1.807, 2.05) is 0 Å². The van der Waals surface area contributed by atoms with E-state index in [2.05, 4.69) is 11.8 Å². The van der Waals surface area contributed by atoms with Crippen LogP contribution in [0.15, 0.2) is 0 Å². The van der Waals surface area contributed by atoms with Crippen LogP contribution in [0.4, 0.5) is 0 Å². The largest absolute Gasteiger partial charge is 0.392 e. The smallest absolute Gasteiger partial charge is 0.0901 e. The number of hydrogen-bond donors (Lipinski definition) is 1. The summed E-state index contributed by atoms with van der Waals surface area (Å²) in [5, 5.41) is 0. The van der Waals surface area contributed by atoms with Gasteiger partial charge in [0.15, 0.2) is 0 Å². The Morgan fingerprint density at radius 2 is 1.71 bits per heavy atom. The lowest BCUT2D eigenvalue weighted by Gasteiger charge is -2.31. The molecule has 0 saturated carbocycles. The van der Waals surface area contributed by atoms with Gasteiger partial charge in [-0.2, -0.15) is 0 Å². The molecule has 1 atom stereocenters. The van der Waals surface area contributed by atoms with Gasteiger partial charge in [0.2, 0.25) is 0 Å². The SMILES string of the molecule is CCC(C(N)=S)N1CCCCCCC1. The van der Waals surface area contributed by atoms with Gasteiger partial charge in [-0.1, -0.05) is 38.4 Å². The number of likely N-dealkylation sites (tertiary alicyclic amines) is 1. The molecule has 0 aromatic carbocycles. The molecule has 1 heterocycles. The van der Waals surface area contributed by atoms with Crippen LogP contribution in [0.1, 0.15) is 45.4 Å². The molecule has 2 nitrogen and oxygen atoms in total. The summed E-state index contributed by atoms with van der Waals surface area (Å²) in [6.07, 6.45) is 7.79. The zero-order valence-electron chi connectivity index (χ0n) is 9.17. The molecule has 0 bridgehead atoms. The van der Waals surface area contributed by atoms with Gasteiger partial charge in [-0.3, -0.25) is 4.90 Å². The summed E-state index contributed by atoms with van der Waals surface area (Å²) in [7, 11) is 0. The molecule has 3 heteroatoms. The van der Waals surface area contributed by atoms with Gasteiger partial charge in [-0.05, 0) is 32.4 Å². The molecule has 0 aromatic heterocycles. The Morgan fingerprint density at radius 3 is 2.14 bits per heavy atom. The average molecular weight is 214 g/mol. The normalized spacial score (nSPS) is 22.4. The van der Waals surface area contributed by atoms with E-state index in [1.165, 1.54) is 45.2 Å². The highest BCUT2D eigenvalue weighted by atomic mass is 32.1. The van der Waals surface area contributed by atoms with Gasteiger partial charge in [-0.25, -0.2) is 0 Å². The average Bonchev–Trinajstić information content (AvgIpc) is 2.08. The fraction of sp³-hybridized carbons (Fsp3) is 0.909. The number of hydrogen-bond acceptors (Lipinski definition) is 2. The molecular weight excluding hydrogens is 192 g/mol. The topological polar surface area (TPSA) is 29.3 Å². The van der Waals surface area contributed by atoms with Gasteiger partial charge in [0.25, 0.3) is 0 Å². The van der Waals surface area contributed by atoms with Crippen molar-refractivity contribution in [3.05, 3.63) is 0 Å². The molecule has 1 unspecified atom stereocenters. The third kappa shape index (κ3) is 3.54. The molecule has 1 rings (SSSR count). The first-order valence-corrected chi connectivity index (χ1v) is 6.20. The minimum atomic E-state index is 0.336. The summed E-state index contributed by atoms with van der Waals surface area (Å²) < 4.78 is 0. The molecular formula is C11H22N2S.